The fourth-order valence-electron chi connectivity index (χ4n) is 3.27. The average molecular weight is 454 g/mol. The van der Waals surface area contributed by atoms with Crippen LogP contribution in [0.4, 0.5) is 5.69 Å². The standard InChI is InChI=1S/C18H16BrNO4S2/c1-24-17(21)16-18(9-10-18)25-15-11-12(19)7-8-14(15)20(16)26(22,23)13-5-3-2-4-6-13/h2-8,11,16H,9-10H2,1H3. The van der Waals surface area contributed by atoms with Crippen LogP contribution in [0.25, 0.3) is 0 Å². The average Bonchev–Trinajstić information content (AvgIpc) is 3.40. The molecule has 1 saturated carbocycles. The van der Waals surface area contributed by atoms with Gasteiger partial charge in [0.1, 0.15) is 0 Å². The zero-order valence-electron chi connectivity index (χ0n) is 13.9. The van der Waals surface area contributed by atoms with Crippen LogP contribution in [-0.4, -0.2) is 32.3 Å². The van der Waals surface area contributed by atoms with E-state index >= 15 is 0 Å². The number of ether oxygens (including phenoxy) is 1. The van der Waals surface area contributed by atoms with Gasteiger partial charge in [0.15, 0.2) is 6.04 Å². The Kier molecular flexibility index (Phi) is 4.32. The van der Waals surface area contributed by atoms with Crippen molar-refractivity contribution in [3.8, 4) is 0 Å². The number of fused-ring (bicyclic) bond motifs is 1. The molecule has 1 spiro atoms. The first kappa shape index (κ1) is 17.9. The lowest BCUT2D eigenvalue weighted by molar-refractivity contribution is -0.142. The van der Waals surface area contributed by atoms with Crippen LogP contribution in [0.15, 0.2) is 62.8 Å². The monoisotopic (exact) mass is 453 g/mol. The normalized spacial score (nSPS) is 20.5. The van der Waals surface area contributed by atoms with Gasteiger partial charge < -0.3 is 4.74 Å². The number of hydrogen-bond acceptors (Lipinski definition) is 5. The fraction of sp³-hybridized carbons (Fsp3) is 0.278. The summed E-state index contributed by atoms with van der Waals surface area (Å²) in [5.41, 5.74) is 0.509. The highest BCUT2D eigenvalue weighted by atomic mass is 79.9. The number of esters is 1. The molecule has 136 valence electrons. The van der Waals surface area contributed by atoms with Crippen LogP contribution in [0.1, 0.15) is 12.8 Å². The van der Waals surface area contributed by atoms with E-state index in [1.165, 1.54) is 11.4 Å². The molecule has 2 aliphatic rings. The van der Waals surface area contributed by atoms with Crippen molar-refractivity contribution in [3.05, 3.63) is 53.0 Å². The minimum absolute atomic E-state index is 0.158. The molecule has 0 amide bonds. The second kappa shape index (κ2) is 6.28. The van der Waals surface area contributed by atoms with Gasteiger partial charge in [-0.05, 0) is 43.2 Å². The van der Waals surface area contributed by atoms with Crippen LogP contribution in [0, 0.1) is 0 Å². The SMILES string of the molecule is COC(=O)C1N(S(=O)(=O)c2ccccc2)c2ccc(Br)cc2SC12CC2. The van der Waals surface area contributed by atoms with Crippen molar-refractivity contribution >= 4 is 49.4 Å². The Morgan fingerprint density at radius 3 is 2.54 bits per heavy atom. The summed E-state index contributed by atoms with van der Waals surface area (Å²) in [6.45, 7) is 0. The van der Waals surface area contributed by atoms with E-state index in [1.807, 2.05) is 6.07 Å². The quantitative estimate of drug-likeness (QED) is 0.660. The van der Waals surface area contributed by atoms with Crippen molar-refractivity contribution in [1.29, 1.82) is 0 Å². The highest BCUT2D eigenvalue weighted by molar-refractivity contribution is 9.10. The lowest BCUT2D eigenvalue weighted by atomic mass is 10.1. The second-order valence-corrected chi connectivity index (χ2v) is 10.5. The van der Waals surface area contributed by atoms with Crippen molar-refractivity contribution in [2.24, 2.45) is 0 Å². The molecule has 1 atom stereocenters. The summed E-state index contributed by atoms with van der Waals surface area (Å²) < 4.78 is 33.6. The van der Waals surface area contributed by atoms with E-state index < -0.39 is 26.8 Å². The predicted molar refractivity (Wildman–Crippen MR) is 104 cm³/mol. The first-order valence-electron chi connectivity index (χ1n) is 8.05. The topological polar surface area (TPSA) is 63.7 Å². The molecule has 1 aliphatic heterocycles. The van der Waals surface area contributed by atoms with Crippen molar-refractivity contribution in [1.82, 2.24) is 0 Å². The number of benzene rings is 2. The third-order valence-electron chi connectivity index (χ3n) is 4.67. The van der Waals surface area contributed by atoms with Crippen LogP contribution in [0.5, 0.6) is 0 Å². The van der Waals surface area contributed by atoms with E-state index in [2.05, 4.69) is 15.9 Å². The summed E-state index contributed by atoms with van der Waals surface area (Å²) >= 11 is 5.02. The number of anilines is 1. The molecule has 1 fully saturated rings. The Labute approximate surface area is 164 Å². The van der Waals surface area contributed by atoms with Crippen molar-refractivity contribution < 1.29 is 17.9 Å². The molecule has 1 unspecified atom stereocenters. The number of carbonyl (C=O) groups is 1. The summed E-state index contributed by atoms with van der Waals surface area (Å²) in [5, 5.41) is 0. The molecule has 2 aromatic rings. The van der Waals surface area contributed by atoms with Gasteiger partial charge in [-0.1, -0.05) is 34.1 Å². The molecule has 0 radical (unpaired) electrons. The molecule has 0 aromatic heterocycles. The smallest absolute Gasteiger partial charge is 0.331 e. The van der Waals surface area contributed by atoms with Crippen LogP contribution in [-0.2, 0) is 19.6 Å². The maximum Gasteiger partial charge on any atom is 0.331 e. The lowest BCUT2D eigenvalue weighted by Crippen LogP contribution is -2.54. The third-order valence-corrected chi connectivity index (χ3v) is 8.54. The zero-order valence-corrected chi connectivity index (χ0v) is 17.1. The maximum atomic E-state index is 13.5. The molecular formula is C18H16BrNO4S2. The van der Waals surface area contributed by atoms with Crippen molar-refractivity contribution in [3.63, 3.8) is 0 Å². The minimum Gasteiger partial charge on any atom is -0.467 e. The van der Waals surface area contributed by atoms with Crippen molar-refractivity contribution in [2.75, 3.05) is 11.4 Å². The van der Waals surface area contributed by atoms with E-state index in [4.69, 9.17) is 4.74 Å². The molecule has 1 aliphatic carbocycles. The van der Waals surface area contributed by atoms with E-state index in [0.717, 1.165) is 22.2 Å². The Hall–Kier alpha value is -1.51. The van der Waals surface area contributed by atoms with Gasteiger partial charge in [-0.15, -0.1) is 11.8 Å². The van der Waals surface area contributed by atoms with E-state index in [0.29, 0.717) is 5.69 Å². The first-order valence-corrected chi connectivity index (χ1v) is 11.1. The highest BCUT2D eigenvalue weighted by Gasteiger charge is 2.62. The van der Waals surface area contributed by atoms with Crippen LogP contribution in [0.3, 0.4) is 0 Å². The molecule has 4 rings (SSSR count). The van der Waals surface area contributed by atoms with Gasteiger partial charge in [0.25, 0.3) is 10.0 Å². The predicted octanol–water partition coefficient (Wildman–Crippen LogP) is 3.82. The van der Waals surface area contributed by atoms with Gasteiger partial charge in [0, 0.05) is 9.37 Å². The number of methoxy groups -OCH3 is 1. The first-order chi connectivity index (χ1) is 12.4. The van der Waals surface area contributed by atoms with E-state index in [9.17, 15) is 13.2 Å². The number of halogens is 1. The summed E-state index contributed by atoms with van der Waals surface area (Å²) in [5.74, 6) is -0.525. The number of carbonyl (C=O) groups excluding carboxylic acids is 1. The molecule has 8 heteroatoms. The summed E-state index contributed by atoms with van der Waals surface area (Å²) in [4.78, 5) is 13.6. The number of sulfonamides is 1. The van der Waals surface area contributed by atoms with Crippen LogP contribution < -0.4 is 4.31 Å². The molecule has 2 aromatic carbocycles. The third kappa shape index (κ3) is 2.75. The lowest BCUT2D eigenvalue weighted by Gasteiger charge is -2.41. The Balaban J connectivity index is 1.95. The van der Waals surface area contributed by atoms with Gasteiger partial charge in [0.2, 0.25) is 0 Å². The van der Waals surface area contributed by atoms with Crippen LogP contribution >= 0.6 is 27.7 Å². The van der Waals surface area contributed by atoms with Gasteiger partial charge in [-0.25, -0.2) is 17.5 Å². The van der Waals surface area contributed by atoms with Gasteiger partial charge >= 0.3 is 5.97 Å². The fourth-order valence-corrected chi connectivity index (χ4v) is 7.14. The van der Waals surface area contributed by atoms with E-state index in [1.54, 1.807) is 54.2 Å². The Bertz CT molecular complexity index is 974. The number of rotatable bonds is 3. The molecule has 0 bridgehead atoms. The zero-order chi connectivity index (χ0) is 18.5. The summed E-state index contributed by atoms with van der Waals surface area (Å²) in [7, 11) is -2.62. The highest BCUT2D eigenvalue weighted by Crippen LogP contribution is 2.62. The second-order valence-electron chi connectivity index (χ2n) is 6.32. The molecular weight excluding hydrogens is 438 g/mol. The van der Waals surface area contributed by atoms with Gasteiger partial charge in [-0.3, -0.25) is 0 Å². The number of nitrogens with zero attached hydrogens (tertiary/aromatic N) is 1. The van der Waals surface area contributed by atoms with E-state index in [-0.39, 0.29) is 4.90 Å². The number of hydrogen-bond donors (Lipinski definition) is 0. The van der Waals surface area contributed by atoms with Gasteiger partial charge in [-0.2, -0.15) is 0 Å². The summed E-state index contributed by atoms with van der Waals surface area (Å²) in [6.07, 6.45) is 1.54. The molecule has 1 heterocycles. The van der Waals surface area contributed by atoms with Crippen molar-refractivity contribution in [2.45, 2.75) is 33.4 Å². The number of thioether (sulfide) groups is 1. The maximum absolute atomic E-state index is 13.5. The Morgan fingerprint density at radius 1 is 1.23 bits per heavy atom. The van der Waals surface area contributed by atoms with Gasteiger partial charge in [0.05, 0.1) is 22.4 Å². The summed E-state index contributed by atoms with van der Waals surface area (Å²) in [6, 6.07) is 12.7. The molecule has 5 nitrogen and oxygen atoms in total. The molecule has 26 heavy (non-hydrogen) atoms. The molecule has 0 saturated heterocycles. The Morgan fingerprint density at radius 2 is 1.92 bits per heavy atom. The van der Waals surface area contributed by atoms with Crippen LogP contribution in [0.2, 0.25) is 0 Å². The molecule has 0 N–H and O–H groups in total. The minimum atomic E-state index is -3.92. The largest absolute Gasteiger partial charge is 0.467 e.